The predicted molar refractivity (Wildman–Crippen MR) is 118 cm³/mol. The van der Waals surface area contributed by atoms with E-state index in [1.165, 1.54) is 11.4 Å². The number of likely N-dealkylation sites (N-methyl/N-ethyl adjacent to an activating group) is 1. The quantitative estimate of drug-likeness (QED) is 0.291. The molecule has 0 bridgehead atoms. The first-order valence-corrected chi connectivity index (χ1v) is 12.9. The Bertz CT molecular complexity index is 1100. The van der Waals surface area contributed by atoms with Crippen molar-refractivity contribution in [3.8, 4) is 5.75 Å². The molecule has 2 aromatic carbocycles. The normalized spacial score (nSPS) is 20.1. The molecule has 0 fully saturated rings. The van der Waals surface area contributed by atoms with Crippen molar-refractivity contribution in [2.75, 3.05) is 18.5 Å². The van der Waals surface area contributed by atoms with Gasteiger partial charge in [-0.05, 0) is 18.6 Å². The number of anilines is 2. The lowest BCUT2D eigenvalue weighted by atomic mass is 10.1. The summed E-state index contributed by atoms with van der Waals surface area (Å²) in [5, 5.41) is 0. The van der Waals surface area contributed by atoms with Crippen LogP contribution in [0.4, 0.5) is 28.9 Å². The lowest BCUT2D eigenvalue weighted by Crippen LogP contribution is -2.39. The number of benzene rings is 2. The monoisotopic (exact) mass is 512 g/mol. The van der Waals surface area contributed by atoms with Crippen LogP contribution in [0.5, 0.6) is 5.75 Å². The molecule has 7 nitrogen and oxygen atoms in total. The van der Waals surface area contributed by atoms with Gasteiger partial charge in [-0.1, -0.05) is 38.0 Å². The summed E-state index contributed by atoms with van der Waals surface area (Å²) >= 11 is 0. The lowest BCUT2D eigenvalue weighted by molar-refractivity contribution is -0.0501. The maximum absolute atomic E-state index is 14.8. The van der Waals surface area contributed by atoms with E-state index in [4.69, 9.17) is 0 Å². The van der Waals surface area contributed by atoms with Gasteiger partial charge in [-0.25, -0.2) is 8.70 Å². The van der Waals surface area contributed by atoms with E-state index in [1.54, 1.807) is 35.2 Å². The Balaban J connectivity index is 2.20. The van der Waals surface area contributed by atoms with E-state index in [-0.39, 0.29) is 17.1 Å². The smallest absolute Gasteiger partial charge is 0.373 e. The Morgan fingerprint density at radius 3 is 2.39 bits per heavy atom. The largest absolute Gasteiger partial charge is 0.534 e. The number of alkyl halides is 3. The first-order chi connectivity index (χ1) is 15.3. The van der Waals surface area contributed by atoms with Gasteiger partial charge in [-0.2, -0.15) is 21.6 Å². The molecule has 0 saturated heterocycles. The number of para-hydroxylation sites is 1. The highest BCUT2D eigenvalue weighted by Gasteiger charge is 2.49. The van der Waals surface area contributed by atoms with Crippen LogP contribution in [0.25, 0.3) is 0 Å². The molecule has 2 N–H and O–H groups in total. The molecule has 184 valence electrons. The highest BCUT2D eigenvalue weighted by atomic mass is 32.3. The van der Waals surface area contributed by atoms with Crippen molar-refractivity contribution in [2.24, 2.45) is 0 Å². The van der Waals surface area contributed by atoms with Gasteiger partial charge in [0, 0.05) is 37.5 Å². The minimum absolute atomic E-state index is 0.0127. The van der Waals surface area contributed by atoms with Gasteiger partial charge < -0.3 is 9.08 Å². The fraction of sp³-hybridized carbons (Fsp3) is 0.400. The molecule has 1 unspecified atom stereocenters. The van der Waals surface area contributed by atoms with E-state index in [0.717, 1.165) is 18.9 Å². The van der Waals surface area contributed by atoms with Crippen LogP contribution in [-0.4, -0.2) is 47.0 Å². The van der Waals surface area contributed by atoms with Crippen molar-refractivity contribution >= 4 is 32.3 Å². The first kappa shape index (κ1) is 25.6. The first-order valence-electron chi connectivity index (χ1n) is 9.97. The lowest BCUT2D eigenvalue weighted by Gasteiger charge is -2.43. The van der Waals surface area contributed by atoms with Gasteiger partial charge in [0.25, 0.3) is 0 Å². The van der Waals surface area contributed by atoms with Gasteiger partial charge in [-0.15, -0.1) is 10.8 Å². The fourth-order valence-electron chi connectivity index (χ4n) is 3.54. The minimum atomic E-state index is -6.17. The molecule has 3 rings (SSSR count). The highest BCUT2D eigenvalue weighted by Crippen LogP contribution is 2.59. The van der Waals surface area contributed by atoms with E-state index in [2.05, 4.69) is 4.18 Å². The molecule has 0 amide bonds. The third-order valence-electron chi connectivity index (χ3n) is 5.35. The molecule has 1 aliphatic heterocycles. The molecule has 0 aliphatic carbocycles. The maximum Gasteiger partial charge on any atom is 0.534 e. The fourth-order valence-corrected chi connectivity index (χ4v) is 5.61. The standard InChI is InChI=1S/C20H24F4N2O5S2/c1-3-4-8-15-13-26(14-9-6-5-7-10-14)17-11-16(21)18(31-33(29,30)20(22,23)24)12-19(17)32(27,28)25(15)2/h5-7,9-12,15,27-28H,3-4,8,13H2,1-2H3. The summed E-state index contributed by atoms with van der Waals surface area (Å²) in [5.74, 6) is -2.67. The zero-order valence-corrected chi connectivity index (χ0v) is 19.4. The van der Waals surface area contributed by atoms with Gasteiger partial charge in [0.1, 0.15) is 4.90 Å². The number of rotatable bonds is 6. The van der Waals surface area contributed by atoms with Crippen LogP contribution in [0.3, 0.4) is 0 Å². The molecule has 2 aromatic rings. The summed E-state index contributed by atoms with van der Waals surface area (Å²) in [5.41, 5.74) is -5.21. The van der Waals surface area contributed by atoms with E-state index in [9.17, 15) is 35.1 Å². The molecule has 1 heterocycles. The Morgan fingerprint density at radius 2 is 1.82 bits per heavy atom. The number of halogens is 4. The zero-order valence-electron chi connectivity index (χ0n) is 17.8. The Morgan fingerprint density at radius 1 is 1.18 bits per heavy atom. The molecule has 0 aromatic heterocycles. The van der Waals surface area contributed by atoms with E-state index >= 15 is 0 Å². The summed E-state index contributed by atoms with van der Waals surface area (Å²) in [7, 11) is -8.56. The summed E-state index contributed by atoms with van der Waals surface area (Å²) in [6.45, 7) is 2.20. The molecule has 1 aliphatic rings. The van der Waals surface area contributed by atoms with Crippen molar-refractivity contribution in [3.63, 3.8) is 0 Å². The predicted octanol–water partition coefficient (Wildman–Crippen LogP) is 5.72. The van der Waals surface area contributed by atoms with Crippen molar-refractivity contribution in [1.82, 2.24) is 4.31 Å². The summed E-state index contributed by atoms with van der Waals surface area (Å²) in [6.07, 6.45) is 2.16. The average Bonchev–Trinajstić information content (AvgIpc) is 2.81. The van der Waals surface area contributed by atoms with Crippen LogP contribution in [0.2, 0.25) is 0 Å². The van der Waals surface area contributed by atoms with Crippen molar-refractivity contribution < 1.29 is 39.3 Å². The maximum atomic E-state index is 14.8. The molecular formula is C20H24F4N2O5S2. The van der Waals surface area contributed by atoms with Crippen LogP contribution >= 0.6 is 10.8 Å². The van der Waals surface area contributed by atoms with Crippen LogP contribution in [0.15, 0.2) is 47.4 Å². The van der Waals surface area contributed by atoms with Crippen LogP contribution in [0, 0.1) is 5.82 Å². The number of fused-ring (bicyclic) bond motifs is 1. The zero-order chi connectivity index (χ0) is 24.6. The molecular weight excluding hydrogens is 488 g/mol. The van der Waals surface area contributed by atoms with E-state index in [1.807, 2.05) is 6.92 Å². The van der Waals surface area contributed by atoms with Gasteiger partial charge in [0.2, 0.25) is 0 Å². The van der Waals surface area contributed by atoms with Gasteiger partial charge >= 0.3 is 15.6 Å². The second kappa shape index (κ2) is 9.29. The molecule has 1 atom stereocenters. The average molecular weight is 513 g/mol. The van der Waals surface area contributed by atoms with Crippen molar-refractivity contribution in [2.45, 2.75) is 42.6 Å². The van der Waals surface area contributed by atoms with Crippen LogP contribution < -0.4 is 9.08 Å². The van der Waals surface area contributed by atoms with E-state index in [0.29, 0.717) is 18.2 Å². The number of unbranched alkanes of at least 4 members (excludes halogenated alkanes) is 1. The van der Waals surface area contributed by atoms with Crippen LogP contribution in [-0.2, 0) is 10.1 Å². The Kier molecular flexibility index (Phi) is 7.20. The number of hydrogen-bond acceptors (Lipinski definition) is 7. The summed E-state index contributed by atoms with van der Waals surface area (Å²) < 4.78 is 103. The molecule has 33 heavy (non-hydrogen) atoms. The van der Waals surface area contributed by atoms with E-state index < -0.39 is 44.0 Å². The molecule has 0 spiro atoms. The molecule has 0 saturated carbocycles. The second-order valence-corrected chi connectivity index (χ2v) is 11.1. The Labute approximate surface area is 191 Å². The van der Waals surface area contributed by atoms with Gasteiger partial charge in [0.15, 0.2) is 11.6 Å². The number of hydrogen-bond donors (Lipinski definition) is 2. The topological polar surface area (TPSA) is 90.3 Å². The molecule has 13 heteroatoms. The SMILES string of the molecule is CCCCC1CN(c2ccccc2)c2cc(F)c(OS(=O)(=O)C(F)(F)F)cc2S(O)(O)N1C. The van der Waals surface area contributed by atoms with Crippen LogP contribution in [0.1, 0.15) is 26.2 Å². The second-order valence-electron chi connectivity index (χ2n) is 7.54. The van der Waals surface area contributed by atoms with Gasteiger partial charge in [-0.3, -0.25) is 9.11 Å². The highest BCUT2D eigenvalue weighted by molar-refractivity contribution is 8.22. The van der Waals surface area contributed by atoms with Crippen molar-refractivity contribution in [3.05, 3.63) is 48.3 Å². The third-order valence-corrected chi connectivity index (χ3v) is 8.33. The van der Waals surface area contributed by atoms with Gasteiger partial charge in [0.05, 0.1) is 5.69 Å². The number of nitrogens with zero attached hydrogens (tertiary/aromatic N) is 2. The third kappa shape index (κ3) is 5.06. The molecule has 0 radical (unpaired) electrons. The summed E-state index contributed by atoms with van der Waals surface area (Å²) in [4.78, 5) is 1.28. The Hall–Kier alpha value is -2.06. The summed E-state index contributed by atoms with van der Waals surface area (Å²) in [6, 6.07) is 9.61. The van der Waals surface area contributed by atoms with Crippen molar-refractivity contribution in [1.29, 1.82) is 0 Å². The minimum Gasteiger partial charge on any atom is -0.373 e.